The lowest BCUT2D eigenvalue weighted by Crippen LogP contribution is -2.46. The van der Waals surface area contributed by atoms with Gasteiger partial charge in [0, 0.05) is 36.6 Å². The number of anilines is 1. The molecular weight excluding hydrogens is 372 g/mol. The molecule has 144 valence electrons. The van der Waals surface area contributed by atoms with Crippen LogP contribution in [0.2, 0.25) is 0 Å². The first-order chi connectivity index (χ1) is 13.7. The summed E-state index contributed by atoms with van der Waals surface area (Å²) in [6, 6.07) is 7.46. The van der Waals surface area contributed by atoms with Crippen molar-refractivity contribution in [2.45, 2.75) is 19.4 Å². The van der Waals surface area contributed by atoms with E-state index < -0.39 is 0 Å². The van der Waals surface area contributed by atoms with Gasteiger partial charge in [-0.3, -0.25) is 9.69 Å². The van der Waals surface area contributed by atoms with Crippen LogP contribution >= 0.6 is 11.3 Å². The van der Waals surface area contributed by atoms with Crippen LogP contribution in [-0.2, 0) is 13.0 Å². The van der Waals surface area contributed by atoms with Crippen LogP contribution in [0.5, 0.6) is 5.75 Å². The average molecular weight is 395 g/mol. The third kappa shape index (κ3) is 3.10. The lowest BCUT2D eigenvalue weighted by Gasteiger charge is -2.36. The summed E-state index contributed by atoms with van der Waals surface area (Å²) in [6.07, 6.45) is 6.22. The molecule has 1 saturated heterocycles. The van der Waals surface area contributed by atoms with Crippen LogP contribution in [0.1, 0.15) is 22.7 Å². The maximum absolute atomic E-state index is 12.7. The maximum Gasteiger partial charge on any atom is 0.260 e. The molecule has 6 nitrogen and oxygen atoms in total. The van der Waals surface area contributed by atoms with Crippen LogP contribution in [0.15, 0.2) is 35.1 Å². The summed E-state index contributed by atoms with van der Waals surface area (Å²) >= 11 is 1.65. The Morgan fingerprint density at radius 1 is 1.18 bits per heavy atom. The molecule has 0 atom stereocenters. The van der Waals surface area contributed by atoms with E-state index in [0.29, 0.717) is 12.3 Å². The molecule has 3 heterocycles. The van der Waals surface area contributed by atoms with E-state index in [1.54, 1.807) is 17.4 Å². The first kappa shape index (κ1) is 17.5. The molecule has 1 aliphatic carbocycles. The molecule has 28 heavy (non-hydrogen) atoms. The Bertz CT molecular complexity index is 1110. The monoisotopic (exact) mass is 394 g/mol. The van der Waals surface area contributed by atoms with Crippen molar-refractivity contribution in [3.8, 4) is 5.75 Å². The zero-order chi connectivity index (χ0) is 19.1. The Hall–Kier alpha value is -2.64. The highest BCUT2D eigenvalue weighted by Gasteiger charge is 2.21. The van der Waals surface area contributed by atoms with E-state index in [0.717, 1.165) is 66.3 Å². The van der Waals surface area contributed by atoms with E-state index in [9.17, 15) is 9.90 Å². The first-order valence-corrected chi connectivity index (χ1v) is 10.5. The first-order valence-electron chi connectivity index (χ1n) is 9.65. The number of thiophene rings is 1. The topological polar surface area (TPSA) is 72.5 Å². The fourth-order valence-corrected chi connectivity index (χ4v) is 5.26. The number of para-hydroxylation sites is 2. The van der Waals surface area contributed by atoms with E-state index in [4.69, 9.17) is 4.98 Å². The van der Waals surface area contributed by atoms with Crippen molar-refractivity contribution in [2.24, 2.45) is 0 Å². The fraction of sp³-hybridized carbons (Fsp3) is 0.333. The number of phenolic OH excluding ortho intramolecular Hbond substituents is 1. The number of nitrogens with zero attached hydrogens (tertiary/aromatic N) is 3. The second-order valence-electron chi connectivity index (χ2n) is 7.32. The van der Waals surface area contributed by atoms with Gasteiger partial charge in [0.15, 0.2) is 0 Å². The number of nitrogens with one attached hydrogen (secondary N) is 1. The fourth-order valence-electron chi connectivity index (χ4n) is 4.06. The van der Waals surface area contributed by atoms with Crippen molar-refractivity contribution >= 4 is 33.3 Å². The summed E-state index contributed by atoms with van der Waals surface area (Å²) in [5.41, 5.74) is 1.91. The summed E-state index contributed by atoms with van der Waals surface area (Å²) in [4.78, 5) is 27.0. The molecule has 1 fully saturated rings. The van der Waals surface area contributed by atoms with Crippen molar-refractivity contribution in [3.05, 3.63) is 57.0 Å². The van der Waals surface area contributed by atoms with Crippen LogP contribution < -0.4 is 10.5 Å². The maximum atomic E-state index is 12.7. The zero-order valence-electron chi connectivity index (χ0n) is 15.5. The molecule has 7 heteroatoms. The highest BCUT2D eigenvalue weighted by atomic mass is 32.1. The zero-order valence-corrected chi connectivity index (χ0v) is 16.3. The number of benzene rings is 1. The minimum absolute atomic E-state index is 0.0307. The summed E-state index contributed by atoms with van der Waals surface area (Å²) in [5.74, 6) is 1.05. The van der Waals surface area contributed by atoms with E-state index in [1.807, 2.05) is 18.2 Å². The van der Waals surface area contributed by atoms with E-state index >= 15 is 0 Å². The number of hydrogen-bond acceptors (Lipinski definition) is 6. The van der Waals surface area contributed by atoms with Crippen molar-refractivity contribution in [3.63, 3.8) is 0 Å². The van der Waals surface area contributed by atoms with Crippen molar-refractivity contribution < 1.29 is 5.11 Å². The molecular formula is C21H22N4O2S. The molecule has 0 amide bonds. The van der Waals surface area contributed by atoms with E-state index in [2.05, 4.69) is 26.9 Å². The van der Waals surface area contributed by atoms with Crippen LogP contribution in [0.3, 0.4) is 0 Å². The van der Waals surface area contributed by atoms with Gasteiger partial charge < -0.3 is 15.0 Å². The molecule has 1 aliphatic heterocycles. The van der Waals surface area contributed by atoms with Gasteiger partial charge in [-0.25, -0.2) is 4.98 Å². The largest absolute Gasteiger partial charge is 0.506 e. The van der Waals surface area contributed by atoms with Gasteiger partial charge >= 0.3 is 0 Å². The molecule has 5 rings (SSSR count). The number of phenols is 1. The SMILES string of the molecule is O=c1[nH]c(CN2CCN(c3ccccc3O)CC2)nc2sc3c(c12)C=CCC3. The number of allylic oxidation sites excluding steroid dienone is 1. The third-order valence-electron chi connectivity index (χ3n) is 5.52. The predicted molar refractivity (Wildman–Crippen MR) is 113 cm³/mol. The number of fused-ring (bicyclic) bond motifs is 3. The smallest absolute Gasteiger partial charge is 0.260 e. The lowest BCUT2D eigenvalue weighted by atomic mass is 10.0. The van der Waals surface area contributed by atoms with Crippen molar-refractivity contribution in [1.82, 2.24) is 14.9 Å². The second-order valence-corrected chi connectivity index (χ2v) is 8.41. The summed E-state index contributed by atoms with van der Waals surface area (Å²) < 4.78 is 0. The summed E-state index contributed by atoms with van der Waals surface area (Å²) in [7, 11) is 0. The normalized spacial score (nSPS) is 17.2. The number of piperazine rings is 1. The van der Waals surface area contributed by atoms with Crippen LogP contribution in [0, 0.1) is 0 Å². The van der Waals surface area contributed by atoms with Crippen molar-refractivity contribution in [2.75, 3.05) is 31.1 Å². The van der Waals surface area contributed by atoms with Crippen molar-refractivity contribution in [1.29, 1.82) is 0 Å². The van der Waals surface area contributed by atoms with Crippen LogP contribution in [0.25, 0.3) is 16.3 Å². The highest BCUT2D eigenvalue weighted by Crippen LogP contribution is 2.32. The van der Waals surface area contributed by atoms with Crippen LogP contribution in [0.4, 0.5) is 5.69 Å². The Labute approximate surface area is 166 Å². The molecule has 2 aliphatic rings. The Morgan fingerprint density at radius 2 is 2.00 bits per heavy atom. The van der Waals surface area contributed by atoms with E-state index in [1.165, 1.54) is 4.88 Å². The third-order valence-corrected chi connectivity index (χ3v) is 6.67. The quantitative estimate of drug-likeness (QED) is 0.715. The van der Waals surface area contributed by atoms with Gasteiger partial charge in [0.1, 0.15) is 16.4 Å². The molecule has 0 radical (unpaired) electrons. The molecule has 2 N–H and O–H groups in total. The average Bonchev–Trinajstić information content (AvgIpc) is 3.08. The number of aromatic hydroxyl groups is 1. The summed E-state index contributed by atoms with van der Waals surface area (Å²) in [6.45, 7) is 4.03. The molecule has 3 aromatic rings. The van der Waals surface area contributed by atoms with Gasteiger partial charge in [-0.05, 0) is 25.0 Å². The van der Waals surface area contributed by atoms with Gasteiger partial charge in [-0.1, -0.05) is 24.3 Å². The molecule has 0 unspecified atom stereocenters. The minimum Gasteiger partial charge on any atom is -0.506 e. The Kier molecular flexibility index (Phi) is 4.41. The van der Waals surface area contributed by atoms with Gasteiger partial charge in [-0.2, -0.15) is 0 Å². The predicted octanol–water partition coefficient (Wildman–Crippen LogP) is 2.97. The Morgan fingerprint density at radius 3 is 2.82 bits per heavy atom. The lowest BCUT2D eigenvalue weighted by molar-refractivity contribution is 0.243. The number of aromatic amines is 1. The molecule has 1 aromatic carbocycles. The standard InChI is InChI=1S/C21H22N4O2S/c26-16-7-3-2-6-15(16)25-11-9-24(10-12-25)13-18-22-20(27)19-14-5-1-4-8-17(14)28-21(19)23-18/h1-3,5-7,26H,4,8-13H2,(H,22,23,27). The van der Waals surface area contributed by atoms with Crippen LogP contribution in [-0.4, -0.2) is 46.2 Å². The van der Waals surface area contributed by atoms with Gasteiger partial charge in [0.05, 0.1) is 17.6 Å². The number of aromatic nitrogens is 2. The molecule has 0 saturated carbocycles. The van der Waals surface area contributed by atoms with E-state index in [-0.39, 0.29) is 5.56 Å². The molecule has 2 aromatic heterocycles. The number of H-pyrrole nitrogens is 1. The number of rotatable bonds is 3. The number of hydrogen-bond donors (Lipinski definition) is 2. The summed E-state index contributed by atoms with van der Waals surface area (Å²) in [5, 5.41) is 10.8. The minimum atomic E-state index is -0.0307. The second kappa shape index (κ2) is 7.07. The molecule has 0 bridgehead atoms. The molecule has 0 spiro atoms. The van der Waals surface area contributed by atoms with Gasteiger partial charge in [0.25, 0.3) is 5.56 Å². The highest BCUT2D eigenvalue weighted by molar-refractivity contribution is 7.19. The Balaban J connectivity index is 1.32. The number of aryl methyl sites for hydroxylation is 1. The van der Waals surface area contributed by atoms with Gasteiger partial charge in [0.2, 0.25) is 0 Å². The van der Waals surface area contributed by atoms with Gasteiger partial charge in [-0.15, -0.1) is 11.3 Å².